The minimum atomic E-state index is -0.157. The second-order valence-corrected chi connectivity index (χ2v) is 1.07. The van der Waals surface area contributed by atoms with Crippen LogP contribution in [0.3, 0.4) is 0 Å². The van der Waals surface area contributed by atoms with E-state index in [0.717, 1.165) is 0 Å². The molecule has 0 N–H and O–H groups in total. The Bertz CT molecular complexity index is 88.6. The number of esters is 1. The van der Waals surface area contributed by atoms with E-state index in [4.69, 9.17) is 0 Å². The number of carbonyl (C=O) groups excluding carboxylic acids is 1. The number of rotatable bonds is 0. The summed E-state index contributed by atoms with van der Waals surface area (Å²) in [7, 11) is 0. The zero-order valence-corrected chi connectivity index (χ0v) is 7.18. The van der Waals surface area contributed by atoms with Crippen molar-refractivity contribution in [2.24, 2.45) is 0 Å². The third-order valence-electron chi connectivity index (χ3n) is 0.580. The van der Waals surface area contributed by atoms with Gasteiger partial charge in [-0.3, -0.25) is 4.79 Å². The molecule has 0 bridgehead atoms. The molecule has 3 heteroatoms. The predicted molar refractivity (Wildman–Crippen MR) is 31.5 cm³/mol. The van der Waals surface area contributed by atoms with Crippen LogP contribution in [-0.2, 0) is 9.53 Å². The van der Waals surface area contributed by atoms with Crippen LogP contribution in [0.5, 0.6) is 0 Å². The average Bonchev–Trinajstić information content (AvgIpc) is 2.24. The van der Waals surface area contributed by atoms with Gasteiger partial charge < -0.3 is 4.74 Å². The molecule has 8 heavy (non-hydrogen) atoms. The first-order valence-corrected chi connectivity index (χ1v) is 4.74. The summed E-state index contributed by atoms with van der Waals surface area (Å²) in [4.78, 5) is 9.96. The zero-order chi connectivity index (χ0) is 6.41. The number of hydrogen-bond acceptors (Lipinski definition) is 2. The monoisotopic (exact) mass is 122 g/mol. The first-order valence-electron chi connectivity index (χ1n) is 2.74. The summed E-state index contributed by atoms with van der Waals surface area (Å²) >= 11 is 1.31. The van der Waals surface area contributed by atoms with Gasteiger partial charge >= 0.3 is 38.1 Å². The molecule has 0 unspecified atom stereocenters. The van der Waals surface area contributed by atoms with Gasteiger partial charge in [0.2, 0.25) is 0 Å². The van der Waals surface area contributed by atoms with Crippen molar-refractivity contribution in [3.05, 3.63) is 12.3 Å². The third kappa shape index (κ3) is 3.24. The van der Waals surface area contributed by atoms with Crippen molar-refractivity contribution < 1.29 is 9.53 Å². The van der Waals surface area contributed by atoms with Gasteiger partial charge in [0.05, 0.1) is 12.7 Å². The third-order valence-corrected chi connectivity index (χ3v) is 0.580. The fourth-order valence-electron chi connectivity index (χ4n) is 0.316. The standard InChI is InChI=1S/C4H4O2.CH3.Na/c5-4-2-1-3-6-4;;/h1,3H,2H2;1H3;. The molecule has 0 radical (unpaired) electrons. The van der Waals surface area contributed by atoms with Crippen molar-refractivity contribution in [3.63, 3.8) is 0 Å². The number of cyclic esters (lactones) is 1. The van der Waals surface area contributed by atoms with Crippen LogP contribution in [0.15, 0.2) is 12.3 Å². The van der Waals surface area contributed by atoms with E-state index in [-0.39, 0.29) is 5.97 Å². The molecule has 0 aromatic rings. The summed E-state index contributed by atoms with van der Waals surface area (Å²) in [6.45, 7) is 0. The molecule has 1 heterocycles. The Morgan fingerprint density at radius 3 is 2.50 bits per heavy atom. The number of hydrogen-bond donors (Lipinski definition) is 0. The van der Waals surface area contributed by atoms with E-state index in [0.29, 0.717) is 6.42 Å². The van der Waals surface area contributed by atoms with Crippen molar-refractivity contribution in [2.75, 3.05) is 0 Å². The Labute approximate surface area is 66.3 Å². The Hall–Kier alpha value is 0.210. The fourth-order valence-corrected chi connectivity index (χ4v) is 0.316. The SMILES string of the molecule is O=C1CC=CO1.[CH3][Na]. The summed E-state index contributed by atoms with van der Waals surface area (Å²) in [5.74, 6) is -0.157. The minimum absolute atomic E-state index is 0.157. The zero-order valence-electron chi connectivity index (χ0n) is 5.18. The number of carbonyl (C=O) groups is 1. The topological polar surface area (TPSA) is 26.3 Å². The van der Waals surface area contributed by atoms with Crippen molar-refractivity contribution in [1.29, 1.82) is 0 Å². The molecule has 0 aliphatic carbocycles. The van der Waals surface area contributed by atoms with Crippen LogP contribution in [0.1, 0.15) is 6.42 Å². The molecule has 0 atom stereocenters. The molecule has 0 fully saturated rings. The summed E-state index contributed by atoms with van der Waals surface area (Å²) in [5, 5.41) is 0. The summed E-state index contributed by atoms with van der Waals surface area (Å²) in [6.07, 6.45) is 3.53. The fraction of sp³-hybridized carbons (Fsp3) is 0.400. The quantitative estimate of drug-likeness (QED) is 0.348. The van der Waals surface area contributed by atoms with Gasteiger partial charge in [0.15, 0.2) is 0 Å². The molecule has 0 saturated carbocycles. The average molecular weight is 122 g/mol. The summed E-state index contributed by atoms with van der Waals surface area (Å²) < 4.78 is 6.47. The summed E-state index contributed by atoms with van der Waals surface area (Å²) in [5.41, 5.74) is 0. The van der Waals surface area contributed by atoms with Gasteiger partial charge in [0.1, 0.15) is 0 Å². The van der Waals surface area contributed by atoms with E-state index in [1.165, 1.54) is 34.2 Å². The Balaban J connectivity index is 0.000000222. The number of ether oxygens (including phenoxy) is 1. The molecule has 1 rings (SSSR count). The van der Waals surface area contributed by atoms with E-state index in [1.54, 1.807) is 6.08 Å². The molecule has 0 aromatic carbocycles. The molecule has 2 nitrogen and oxygen atoms in total. The normalized spacial score (nSPS) is 14.6. The molecular formula is C5H7NaO2. The van der Waals surface area contributed by atoms with Crippen molar-refractivity contribution in [1.82, 2.24) is 0 Å². The first kappa shape index (κ1) is 8.21. The molecule has 0 amide bonds. The van der Waals surface area contributed by atoms with Gasteiger partial charge in [-0.25, -0.2) is 0 Å². The molecule has 0 spiro atoms. The molecule has 0 saturated heterocycles. The molecular weight excluding hydrogens is 115 g/mol. The van der Waals surface area contributed by atoms with Gasteiger partial charge in [-0.15, -0.1) is 0 Å². The van der Waals surface area contributed by atoms with Crippen LogP contribution in [0.2, 0.25) is 4.17 Å². The van der Waals surface area contributed by atoms with Gasteiger partial charge in [0, 0.05) is 0 Å². The van der Waals surface area contributed by atoms with E-state index in [9.17, 15) is 4.79 Å². The van der Waals surface area contributed by atoms with Crippen LogP contribution >= 0.6 is 0 Å². The van der Waals surface area contributed by atoms with Crippen LogP contribution in [0, 0.1) is 0 Å². The molecule has 0 aromatic heterocycles. The first-order chi connectivity index (χ1) is 3.89. The molecule has 1 aliphatic heterocycles. The van der Waals surface area contributed by atoms with Crippen LogP contribution in [-0.4, -0.2) is 33.9 Å². The Morgan fingerprint density at radius 2 is 2.38 bits per heavy atom. The van der Waals surface area contributed by atoms with Crippen LogP contribution in [0.4, 0.5) is 0 Å². The van der Waals surface area contributed by atoms with Gasteiger partial charge in [-0.1, -0.05) is 0 Å². The van der Waals surface area contributed by atoms with Gasteiger partial charge in [-0.05, 0) is 6.08 Å². The Morgan fingerprint density at radius 1 is 1.75 bits per heavy atom. The van der Waals surface area contributed by atoms with E-state index in [2.05, 4.69) is 8.91 Å². The van der Waals surface area contributed by atoms with Crippen LogP contribution < -0.4 is 0 Å². The van der Waals surface area contributed by atoms with E-state index in [1.807, 2.05) is 0 Å². The second-order valence-electron chi connectivity index (χ2n) is 1.07. The van der Waals surface area contributed by atoms with E-state index < -0.39 is 0 Å². The Kier molecular flexibility index (Phi) is 5.49. The maximum atomic E-state index is 9.96. The second kappa shape index (κ2) is 5.35. The molecule has 1 aliphatic rings. The molecule has 40 valence electrons. The van der Waals surface area contributed by atoms with Gasteiger partial charge in [-0.2, -0.15) is 0 Å². The van der Waals surface area contributed by atoms with Crippen molar-refractivity contribution >= 4 is 33.9 Å². The summed E-state index contributed by atoms with van der Waals surface area (Å²) in [6, 6.07) is 0. The van der Waals surface area contributed by atoms with E-state index >= 15 is 0 Å². The predicted octanol–water partition coefficient (Wildman–Crippen LogP) is 0.650. The van der Waals surface area contributed by atoms with Crippen molar-refractivity contribution in [3.8, 4) is 0 Å². The van der Waals surface area contributed by atoms with Crippen LogP contribution in [0.25, 0.3) is 0 Å². The van der Waals surface area contributed by atoms with Crippen molar-refractivity contribution in [2.45, 2.75) is 10.6 Å². The van der Waals surface area contributed by atoms with Gasteiger partial charge in [0.25, 0.3) is 0 Å². The maximum absolute atomic E-state index is 9.96.